The second-order valence-corrected chi connectivity index (χ2v) is 6.48. The van der Waals surface area contributed by atoms with Crippen LogP contribution in [0, 0.1) is 17.2 Å². The van der Waals surface area contributed by atoms with Crippen LogP contribution in [0.3, 0.4) is 0 Å². The molecule has 1 aliphatic rings. The summed E-state index contributed by atoms with van der Waals surface area (Å²) < 4.78 is 0.926. The van der Waals surface area contributed by atoms with Crippen molar-refractivity contribution >= 4 is 27.9 Å². The minimum atomic E-state index is -0.267. The van der Waals surface area contributed by atoms with Crippen LogP contribution < -0.4 is 5.32 Å². The van der Waals surface area contributed by atoms with E-state index >= 15 is 0 Å². The van der Waals surface area contributed by atoms with Crippen LogP contribution in [-0.2, 0) is 4.79 Å². The Morgan fingerprint density at radius 3 is 2.86 bits per heavy atom. The fraction of sp³-hybridized carbons (Fsp3) is 0.412. The van der Waals surface area contributed by atoms with Gasteiger partial charge < -0.3 is 5.32 Å². The number of benzene rings is 1. The maximum absolute atomic E-state index is 12.3. The van der Waals surface area contributed by atoms with E-state index < -0.39 is 0 Å². The fourth-order valence-electron chi connectivity index (χ4n) is 2.69. The molecule has 0 radical (unpaired) electrons. The lowest BCUT2D eigenvalue weighted by molar-refractivity contribution is -0.118. The van der Waals surface area contributed by atoms with Gasteiger partial charge in [-0.05, 0) is 42.5 Å². The van der Waals surface area contributed by atoms with Crippen molar-refractivity contribution in [2.24, 2.45) is 5.92 Å². The highest BCUT2D eigenvalue weighted by atomic mass is 79.9. The molecule has 1 aliphatic carbocycles. The molecule has 0 bridgehead atoms. The molecule has 2 unspecified atom stereocenters. The predicted octanol–water partition coefficient (Wildman–Crippen LogP) is 4.05. The molecule has 0 aromatic heterocycles. The van der Waals surface area contributed by atoms with Crippen molar-refractivity contribution in [3.05, 3.63) is 39.9 Å². The van der Waals surface area contributed by atoms with Gasteiger partial charge in [0.25, 0.3) is 5.91 Å². The molecule has 1 fully saturated rings. The number of rotatable bonds is 3. The second-order valence-electron chi connectivity index (χ2n) is 5.57. The summed E-state index contributed by atoms with van der Waals surface area (Å²) in [6.45, 7) is 2.16. The van der Waals surface area contributed by atoms with E-state index in [-0.39, 0.29) is 17.5 Å². The number of hydrogen-bond donors (Lipinski definition) is 1. The van der Waals surface area contributed by atoms with Gasteiger partial charge in [0.2, 0.25) is 0 Å². The summed E-state index contributed by atoms with van der Waals surface area (Å²) in [5.74, 6) is 0.213. The van der Waals surface area contributed by atoms with E-state index in [9.17, 15) is 10.1 Å². The molecule has 0 aliphatic heterocycles. The molecule has 1 N–H and O–H groups in total. The number of nitriles is 1. The first-order valence-electron chi connectivity index (χ1n) is 7.28. The summed E-state index contributed by atoms with van der Waals surface area (Å²) >= 11 is 3.39. The van der Waals surface area contributed by atoms with Crippen molar-refractivity contribution in [1.82, 2.24) is 5.32 Å². The highest BCUT2D eigenvalue weighted by Gasteiger charge is 2.23. The maximum atomic E-state index is 12.3. The first-order chi connectivity index (χ1) is 10.1. The number of amides is 1. The Morgan fingerprint density at radius 1 is 1.43 bits per heavy atom. The third-order valence-corrected chi connectivity index (χ3v) is 4.45. The molecule has 4 heteroatoms. The van der Waals surface area contributed by atoms with E-state index in [1.807, 2.05) is 30.3 Å². The van der Waals surface area contributed by atoms with Crippen molar-refractivity contribution in [3.8, 4) is 6.07 Å². The van der Waals surface area contributed by atoms with Crippen LogP contribution in [0.15, 0.2) is 34.3 Å². The van der Waals surface area contributed by atoms with Crippen molar-refractivity contribution < 1.29 is 4.79 Å². The van der Waals surface area contributed by atoms with E-state index in [2.05, 4.69) is 28.2 Å². The van der Waals surface area contributed by atoms with Gasteiger partial charge in [-0.1, -0.05) is 47.8 Å². The first-order valence-corrected chi connectivity index (χ1v) is 8.07. The van der Waals surface area contributed by atoms with Crippen molar-refractivity contribution in [3.63, 3.8) is 0 Å². The fourth-order valence-corrected chi connectivity index (χ4v) is 3.11. The summed E-state index contributed by atoms with van der Waals surface area (Å²) in [5.41, 5.74) is 0.999. The Bertz CT molecular complexity index is 589. The molecular formula is C17H19BrN2O. The first kappa shape index (κ1) is 15.8. The third-order valence-electron chi connectivity index (χ3n) is 3.95. The Balaban J connectivity index is 2.10. The SMILES string of the molecule is CC1CCCCC1NC(=O)/C(C#N)=C/c1cccc(Br)c1. The quantitative estimate of drug-likeness (QED) is 0.662. The predicted molar refractivity (Wildman–Crippen MR) is 87.3 cm³/mol. The molecule has 21 heavy (non-hydrogen) atoms. The van der Waals surface area contributed by atoms with Gasteiger partial charge in [-0.2, -0.15) is 5.26 Å². The molecule has 1 amide bonds. The van der Waals surface area contributed by atoms with Crippen LogP contribution in [-0.4, -0.2) is 11.9 Å². The number of hydrogen-bond acceptors (Lipinski definition) is 2. The molecule has 0 saturated heterocycles. The van der Waals surface area contributed by atoms with Crippen LogP contribution in [0.1, 0.15) is 38.2 Å². The number of carbonyl (C=O) groups is 1. The highest BCUT2D eigenvalue weighted by Crippen LogP contribution is 2.24. The van der Waals surface area contributed by atoms with E-state index in [0.29, 0.717) is 5.92 Å². The highest BCUT2D eigenvalue weighted by molar-refractivity contribution is 9.10. The zero-order chi connectivity index (χ0) is 15.2. The lowest BCUT2D eigenvalue weighted by Crippen LogP contribution is -2.41. The molecule has 0 heterocycles. The van der Waals surface area contributed by atoms with Gasteiger partial charge in [-0.25, -0.2) is 0 Å². The van der Waals surface area contributed by atoms with Crippen LogP contribution >= 0.6 is 15.9 Å². The molecule has 110 valence electrons. The summed E-state index contributed by atoms with van der Waals surface area (Å²) in [6.07, 6.45) is 6.15. The van der Waals surface area contributed by atoms with Gasteiger partial charge in [-0.15, -0.1) is 0 Å². The third kappa shape index (κ3) is 4.44. The summed E-state index contributed by atoms with van der Waals surface area (Å²) in [5, 5.41) is 12.2. The zero-order valence-electron chi connectivity index (χ0n) is 12.1. The molecule has 1 aromatic rings. The minimum absolute atomic E-state index is 0.158. The van der Waals surface area contributed by atoms with Crippen molar-refractivity contribution in [1.29, 1.82) is 5.26 Å². The van der Waals surface area contributed by atoms with E-state index in [1.165, 1.54) is 6.42 Å². The number of halogens is 1. The molecule has 3 nitrogen and oxygen atoms in total. The number of nitrogens with one attached hydrogen (secondary N) is 1. The van der Waals surface area contributed by atoms with Gasteiger partial charge in [-0.3, -0.25) is 4.79 Å². The second kappa shape index (κ2) is 7.42. The number of carbonyl (C=O) groups excluding carboxylic acids is 1. The summed E-state index contributed by atoms with van der Waals surface area (Å²) in [6, 6.07) is 9.74. The Hall–Kier alpha value is -1.60. The Kier molecular flexibility index (Phi) is 5.58. The van der Waals surface area contributed by atoms with Gasteiger partial charge in [0.1, 0.15) is 11.6 Å². The molecule has 1 aromatic carbocycles. The van der Waals surface area contributed by atoms with Crippen molar-refractivity contribution in [2.75, 3.05) is 0 Å². The minimum Gasteiger partial charge on any atom is -0.348 e. The van der Waals surface area contributed by atoms with Crippen LogP contribution in [0.25, 0.3) is 6.08 Å². The molecule has 2 atom stereocenters. The topological polar surface area (TPSA) is 52.9 Å². The van der Waals surface area contributed by atoms with Gasteiger partial charge in [0.05, 0.1) is 0 Å². The molecule has 1 saturated carbocycles. The van der Waals surface area contributed by atoms with Crippen LogP contribution in [0.5, 0.6) is 0 Å². The Morgan fingerprint density at radius 2 is 2.19 bits per heavy atom. The average molecular weight is 347 g/mol. The number of nitrogens with zero attached hydrogens (tertiary/aromatic N) is 1. The van der Waals surface area contributed by atoms with E-state index in [0.717, 1.165) is 29.3 Å². The van der Waals surface area contributed by atoms with E-state index in [4.69, 9.17) is 0 Å². The van der Waals surface area contributed by atoms with Gasteiger partial charge in [0.15, 0.2) is 0 Å². The summed E-state index contributed by atoms with van der Waals surface area (Å²) in [4.78, 5) is 12.3. The largest absolute Gasteiger partial charge is 0.348 e. The maximum Gasteiger partial charge on any atom is 0.262 e. The normalized spacial score (nSPS) is 22.4. The molecule has 2 rings (SSSR count). The monoisotopic (exact) mass is 346 g/mol. The standard InChI is InChI=1S/C17H19BrN2O/c1-12-5-2-3-8-16(12)20-17(21)14(11-19)9-13-6-4-7-15(18)10-13/h4,6-7,9-10,12,16H,2-3,5,8H2,1H3,(H,20,21)/b14-9+. The van der Waals surface area contributed by atoms with Crippen LogP contribution in [0.4, 0.5) is 0 Å². The summed E-state index contributed by atoms with van der Waals surface area (Å²) in [7, 11) is 0. The molecule has 0 spiro atoms. The van der Waals surface area contributed by atoms with E-state index in [1.54, 1.807) is 6.08 Å². The molecular weight excluding hydrogens is 328 g/mol. The van der Waals surface area contributed by atoms with Crippen molar-refractivity contribution in [2.45, 2.75) is 38.6 Å². The van der Waals surface area contributed by atoms with Gasteiger partial charge in [0, 0.05) is 10.5 Å². The zero-order valence-corrected chi connectivity index (χ0v) is 13.7. The lowest BCUT2D eigenvalue weighted by atomic mass is 9.86. The Labute approximate surface area is 134 Å². The smallest absolute Gasteiger partial charge is 0.262 e. The average Bonchev–Trinajstić information content (AvgIpc) is 2.47. The van der Waals surface area contributed by atoms with Gasteiger partial charge >= 0.3 is 0 Å². The lowest BCUT2D eigenvalue weighted by Gasteiger charge is -2.29. The van der Waals surface area contributed by atoms with Crippen LogP contribution in [0.2, 0.25) is 0 Å².